The van der Waals surface area contributed by atoms with Gasteiger partial charge in [0.15, 0.2) is 0 Å². The highest BCUT2D eigenvalue weighted by atomic mass is 16.5. The van der Waals surface area contributed by atoms with Crippen LogP contribution in [0.15, 0.2) is 0 Å². The van der Waals surface area contributed by atoms with E-state index in [9.17, 15) is 0 Å². The molecule has 1 unspecified atom stereocenters. The molecule has 0 saturated heterocycles. The zero-order valence-electron chi connectivity index (χ0n) is 11.2. The van der Waals surface area contributed by atoms with Gasteiger partial charge in [-0.25, -0.2) is 0 Å². The molecule has 0 aromatic carbocycles. The zero-order valence-corrected chi connectivity index (χ0v) is 11.2. The van der Waals surface area contributed by atoms with E-state index in [4.69, 9.17) is 10.00 Å². The second-order valence-corrected chi connectivity index (χ2v) is 4.81. The van der Waals surface area contributed by atoms with Crippen molar-refractivity contribution in [2.75, 3.05) is 13.2 Å². The van der Waals surface area contributed by atoms with Crippen molar-refractivity contribution in [1.29, 1.82) is 5.26 Å². The van der Waals surface area contributed by atoms with E-state index in [1.807, 2.05) is 6.92 Å². The van der Waals surface area contributed by atoms with Crippen LogP contribution in [0.25, 0.3) is 0 Å². The Hall–Kier alpha value is -0.590. The van der Waals surface area contributed by atoms with E-state index in [2.05, 4.69) is 32.2 Å². The van der Waals surface area contributed by atoms with E-state index in [1.54, 1.807) is 0 Å². The van der Waals surface area contributed by atoms with Crippen LogP contribution in [0, 0.1) is 11.3 Å². The molecule has 0 aromatic heterocycles. The fourth-order valence-corrected chi connectivity index (χ4v) is 1.67. The Labute approximate surface area is 100 Å². The van der Waals surface area contributed by atoms with Gasteiger partial charge >= 0.3 is 0 Å². The Balaban J connectivity index is 3.67. The van der Waals surface area contributed by atoms with E-state index in [-0.39, 0.29) is 0 Å². The lowest BCUT2D eigenvalue weighted by atomic mass is 9.97. The molecular formula is C13H26N2O. The molecule has 0 aromatic rings. The predicted octanol–water partition coefficient (Wildman–Crippen LogP) is 2.86. The SMILES string of the molecule is CCCCOCCCC(C)(C#N)NC(C)C. The first-order valence-electron chi connectivity index (χ1n) is 6.30. The van der Waals surface area contributed by atoms with Crippen molar-refractivity contribution in [3.63, 3.8) is 0 Å². The van der Waals surface area contributed by atoms with Crippen LogP contribution in [0.3, 0.4) is 0 Å². The molecule has 16 heavy (non-hydrogen) atoms. The average Bonchev–Trinajstić information content (AvgIpc) is 2.22. The van der Waals surface area contributed by atoms with Gasteiger partial charge in [-0.2, -0.15) is 5.26 Å². The lowest BCUT2D eigenvalue weighted by Gasteiger charge is -2.25. The summed E-state index contributed by atoms with van der Waals surface area (Å²) in [5.74, 6) is 0. The summed E-state index contributed by atoms with van der Waals surface area (Å²) in [7, 11) is 0. The van der Waals surface area contributed by atoms with Crippen molar-refractivity contribution in [1.82, 2.24) is 5.32 Å². The summed E-state index contributed by atoms with van der Waals surface area (Å²) in [5, 5.41) is 12.4. The summed E-state index contributed by atoms with van der Waals surface area (Å²) < 4.78 is 5.48. The highest BCUT2D eigenvalue weighted by Gasteiger charge is 2.23. The third kappa shape index (κ3) is 7.67. The number of unbranched alkanes of at least 4 members (excludes halogenated alkanes) is 1. The molecule has 1 atom stereocenters. The van der Waals surface area contributed by atoms with Crippen LogP contribution < -0.4 is 5.32 Å². The highest BCUT2D eigenvalue weighted by molar-refractivity contribution is 5.04. The van der Waals surface area contributed by atoms with E-state index >= 15 is 0 Å². The lowest BCUT2D eigenvalue weighted by Crippen LogP contribution is -2.45. The molecule has 0 spiro atoms. The Morgan fingerprint density at radius 3 is 2.44 bits per heavy atom. The Bertz CT molecular complexity index is 210. The van der Waals surface area contributed by atoms with Gasteiger partial charge in [0.1, 0.15) is 5.54 Å². The van der Waals surface area contributed by atoms with Gasteiger partial charge in [-0.3, -0.25) is 5.32 Å². The number of hydrogen-bond acceptors (Lipinski definition) is 3. The molecule has 0 saturated carbocycles. The maximum absolute atomic E-state index is 9.12. The van der Waals surface area contributed by atoms with Crippen LogP contribution in [-0.2, 0) is 4.74 Å². The molecule has 0 heterocycles. The van der Waals surface area contributed by atoms with E-state index < -0.39 is 5.54 Å². The summed E-state index contributed by atoms with van der Waals surface area (Å²) in [6.07, 6.45) is 4.08. The van der Waals surface area contributed by atoms with Gasteiger partial charge in [-0.05, 0) is 40.0 Å². The largest absolute Gasteiger partial charge is 0.381 e. The minimum Gasteiger partial charge on any atom is -0.381 e. The van der Waals surface area contributed by atoms with Crippen LogP contribution in [0.5, 0.6) is 0 Å². The first kappa shape index (κ1) is 15.4. The second kappa shape index (κ2) is 8.55. The first-order chi connectivity index (χ1) is 7.54. The van der Waals surface area contributed by atoms with Crippen LogP contribution in [0.1, 0.15) is 53.4 Å². The number of nitriles is 1. The summed E-state index contributed by atoms with van der Waals surface area (Å²) in [6, 6.07) is 2.68. The summed E-state index contributed by atoms with van der Waals surface area (Å²) in [6.45, 7) is 9.84. The Morgan fingerprint density at radius 2 is 1.94 bits per heavy atom. The van der Waals surface area contributed by atoms with Gasteiger partial charge in [0.25, 0.3) is 0 Å². The average molecular weight is 226 g/mol. The molecule has 0 radical (unpaired) electrons. The fraction of sp³-hybridized carbons (Fsp3) is 0.923. The van der Waals surface area contributed by atoms with Crippen LogP contribution in [0.2, 0.25) is 0 Å². The van der Waals surface area contributed by atoms with E-state index in [0.29, 0.717) is 6.04 Å². The lowest BCUT2D eigenvalue weighted by molar-refractivity contribution is 0.123. The van der Waals surface area contributed by atoms with Crippen LogP contribution >= 0.6 is 0 Å². The minimum atomic E-state index is -0.414. The quantitative estimate of drug-likeness (QED) is 0.615. The van der Waals surface area contributed by atoms with Crippen molar-refractivity contribution in [2.45, 2.75) is 65.0 Å². The molecule has 0 bridgehead atoms. The normalized spacial score (nSPS) is 14.8. The molecule has 1 N–H and O–H groups in total. The van der Waals surface area contributed by atoms with E-state index in [1.165, 1.54) is 6.42 Å². The highest BCUT2D eigenvalue weighted by Crippen LogP contribution is 2.12. The van der Waals surface area contributed by atoms with Gasteiger partial charge in [-0.15, -0.1) is 0 Å². The molecule has 0 aliphatic carbocycles. The predicted molar refractivity (Wildman–Crippen MR) is 67.3 cm³/mol. The van der Waals surface area contributed by atoms with Crippen molar-refractivity contribution < 1.29 is 4.74 Å². The third-order valence-electron chi connectivity index (χ3n) is 2.46. The third-order valence-corrected chi connectivity index (χ3v) is 2.46. The monoisotopic (exact) mass is 226 g/mol. The molecule has 0 aliphatic rings. The van der Waals surface area contributed by atoms with Crippen LogP contribution in [-0.4, -0.2) is 24.8 Å². The molecule has 3 nitrogen and oxygen atoms in total. The Morgan fingerprint density at radius 1 is 1.31 bits per heavy atom. The number of nitrogens with one attached hydrogen (secondary N) is 1. The van der Waals surface area contributed by atoms with Gasteiger partial charge in [0.05, 0.1) is 6.07 Å². The first-order valence-corrected chi connectivity index (χ1v) is 6.30. The topological polar surface area (TPSA) is 45.0 Å². The number of nitrogens with zero attached hydrogens (tertiary/aromatic N) is 1. The number of rotatable bonds is 9. The molecule has 94 valence electrons. The number of hydrogen-bond donors (Lipinski definition) is 1. The second-order valence-electron chi connectivity index (χ2n) is 4.81. The Kier molecular flexibility index (Phi) is 8.23. The zero-order chi connectivity index (χ0) is 12.4. The summed E-state index contributed by atoms with van der Waals surface area (Å²) in [5.41, 5.74) is -0.414. The maximum Gasteiger partial charge on any atom is 0.104 e. The van der Waals surface area contributed by atoms with Crippen molar-refractivity contribution in [3.8, 4) is 6.07 Å². The van der Waals surface area contributed by atoms with Gasteiger partial charge in [-0.1, -0.05) is 13.3 Å². The van der Waals surface area contributed by atoms with Gasteiger partial charge in [0, 0.05) is 19.3 Å². The molecule has 0 amide bonds. The minimum absolute atomic E-state index is 0.339. The number of ether oxygens (including phenoxy) is 1. The molecule has 0 fully saturated rings. The molecule has 3 heteroatoms. The molecule has 0 rings (SSSR count). The fourth-order valence-electron chi connectivity index (χ4n) is 1.67. The van der Waals surface area contributed by atoms with Crippen molar-refractivity contribution in [3.05, 3.63) is 0 Å². The smallest absolute Gasteiger partial charge is 0.104 e. The van der Waals surface area contributed by atoms with Gasteiger partial charge < -0.3 is 4.74 Å². The standard InChI is InChI=1S/C13H26N2O/c1-5-6-9-16-10-7-8-13(4,11-14)15-12(2)3/h12,15H,5-10H2,1-4H3. The van der Waals surface area contributed by atoms with Crippen LogP contribution in [0.4, 0.5) is 0 Å². The molecule has 0 aliphatic heterocycles. The maximum atomic E-state index is 9.12. The van der Waals surface area contributed by atoms with Gasteiger partial charge in [0.2, 0.25) is 0 Å². The van der Waals surface area contributed by atoms with Crippen molar-refractivity contribution in [2.24, 2.45) is 0 Å². The van der Waals surface area contributed by atoms with E-state index in [0.717, 1.165) is 32.5 Å². The summed E-state index contributed by atoms with van der Waals surface area (Å²) in [4.78, 5) is 0. The summed E-state index contributed by atoms with van der Waals surface area (Å²) >= 11 is 0. The van der Waals surface area contributed by atoms with Crippen molar-refractivity contribution >= 4 is 0 Å². The molecular weight excluding hydrogens is 200 g/mol.